The van der Waals surface area contributed by atoms with E-state index in [1.165, 1.54) is 24.3 Å². The number of halogens is 3. The topological polar surface area (TPSA) is 58.2 Å². The van der Waals surface area contributed by atoms with Crippen LogP contribution in [0.1, 0.15) is 20.8 Å². The molecule has 0 aromatic heterocycles. The van der Waals surface area contributed by atoms with Gasteiger partial charge in [-0.1, -0.05) is 32.9 Å². The molecule has 1 aromatic carbocycles. The molecule has 2 amide bonds. The molecule has 0 aliphatic carbocycles. The predicted molar refractivity (Wildman–Crippen MR) is 79.4 cm³/mol. The highest BCUT2D eigenvalue weighted by Crippen LogP contribution is 2.40. The molecule has 8 heteroatoms. The van der Waals surface area contributed by atoms with Gasteiger partial charge in [-0.15, -0.1) is 0 Å². The Balaban J connectivity index is 2.67. The zero-order valence-corrected chi connectivity index (χ0v) is 13.2. The maximum Gasteiger partial charge on any atom is 0.446 e. The third kappa shape index (κ3) is 6.38. The highest BCUT2D eigenvalue weighted by atomic mass is 32.2. The van der Waals surface area contributed by atoms with E-state index in [4.69, 9.17) is 0 Å². The van der Waals surface area contributed by atoms with Gasteiger partial charge in [0.1, 0.15) is 0 Å². The van der Waals surface area contributed by atoms with E-state index in [2.05, 4.69) is 10.6 Å². The van der Waals surface area contributed by atoms with Gasteiger partial charge in [0.25, 0.3) is 0 Å². The van der Waals surface area contributed by atoms with Crippen LogP contribution in [-0.2, 0) is 9.59 Å². The summed E-state index contributed by atoms with van der Waals surface area (Å²) in [6, 6.07) is 5.61. The number of thioether (sulfide) groups is 1. The van der Waals surface area contributed by atoms with Crippen LogP contribution in [0.2, 0.25) is 0 Å². The van der Waals surface area contributed by atoms with Crippen LogP contribution in [0.5, 0.6) is 0 Å². The number of hydrogen-bond acceptors (Lipinski definition) is 3. The normalized spacial score (nSPS) is 11.9. The number of para-hydroxylation sites is 1. The van der Waals surface area contributed by atoms with Gasteiger partial charge in [-0.25, -0.2) is 0 Å². The summed E-state index contributed by atoms with van der Waals surface area (Å²) < 4.78 is 37.3. The minimum Gasteiger partial charge on any atom is -0.347 e. The van der Waals surface area contributed by atoms with Gasteiger partial charge >= 0.3 is 5.51 Å². The molecule has 22 heavy (non-hydrogen) atoms. The van der Waals surface area contributed by atoms with Gasteiger partial charge in [-0.3, -0.25) is 9.59 Å². The van der Waals surface area contributed by atoms with Crippen molar-refractivity contribution in [2.75, 3.05) is 11.9 Å². The fraction of sp³-hybridized carbons (Fsp3) is 0.429. The van der Waals surface area contributed by atoms with Crippen molar-refractivity contribution in [2.24, 2.45) is 5.41 Å². The number of rotatable bonds is 4. The molecule has 0 aliphatic rings. The molecule has 0 heterocycles. The molecule has 1 rings (SSSR count). The van der Waals surface area contributed by atoms with Crippen molar-refractivity contribution in [3.8, 4) is 0 Å². The minimum absolute atomic E-state index is 0.0554. The van der Waals surface area contributed by atoms with E-state index in [1.807, 2.05) is 0 Å². The van der Waals surface area contributed by atoms with Gasteiger partial charge in [0.05, 0.1) is 12.2 Å². The van der Waals surface area contributed by atoms with Crippen LogP contribution in [0, 0.1) is 5.41 Å². The second kappa shape index (κ2) is 7.04. The second-order valence-electron chi connectivity index (χ2n) is 5.52. The molecule has 0 atom stereocenters. The fourth-order valence-corrected chi connectivity index (χ4v) is 2.03. The van der Waals surface area contributed by atoms with Crippen molar-refractivity contribution >= 4 is 29.3 Å². The Bertz CT molecular complexity index is 554. The lowest BCUT2D eigenvalue weighted by Gasteiger charge is -2.17. The largest absolute Gasteiger partial charge is 0.446 e. The summed E-state index contributed by atoms with van der Waals surface area (Å²) in [5, 5.41) is 4.80. The molecule has 122 valence electrons. The molecular weight excluding hydrogens is 317 g/mol. The average Bonchev–Trinajstić information content (AvgIpc) is 2.35. The second-order valence-corrected chi connectivity index (χ2v) is 6.63. The molecular formula is C14H17F3N2O2S. The molecule has 1 aromatic rings. The summed E-state index contributed by atoms with van der Waals surface area (Å²) in [4.78, 5) is 23.3. The number of hydrogen-bond donors (Lipinski definition) is 2. The maximum absolute atomic E-state index is 12.4. The Morgan fingerprint density at radius 3 is 2.27 bits per heavy atom. The minimum atomic E-state index is -4.44. The van der Waals surface area contributed by atoms with Crippen LogP contribution in [0.15, 0.2) is 29.2 Å². The van der Waals surface area contributed by atoms with E-state index in [0.29, 0.717) is 0 Å². The summed E-state index contributed by atoms with van der Waals surface area (Å²) in [7, 11) is 0. The summed E-state index contributed by atoms with van der Waals surface area (Å²) in [5.74, 6) is -0.909. The highest BCUT2D eigenvalue weighted by Gasteiger charge is 2.30. The van der Waals surface area contributed by atoms with Crippen LogP contribution in [0.4, 0.5) is 18.9 Å². The van der Waals surface area contributed by atoms with Gasteiger partial charge in [0, 0.05) is 10.3 Å². The van der Waals surface area contributed by atoms with Crippen molar-refractivity contribution in [3.63, 3.8) is 0 Å². The Morgan fingerprint density at radius 1 is 1.14 bits per heavy atom. The molecule has 2 N–H and O–H groups in total. The number of nitrogens with one attached hydrogen (secondary N) is 2. The first-order chi connectivity index (χ1) is 9.99. The third-order valence-electron chi connectivity index (χ3n) is 2.48. The van der Waals surface area contributed by atoms with Gasteiger partial charge in [0.15, 0.2) is 0 Å². The Hall–Kier alpha value is -1.70. The van der Waals surface area contributed by atoms with E-state index in [-0.39, 0.29) is 34.8 Å². The summed E-state index contributed by atoms with van der Waals surface area (Å²) in [6.07, 6.45) is 0. The lowest BCUT2D eigenvalue weighted by molar-refractivity contribution is -0.130. The monoisotopic (exact) mass is 334 g/mol. The van der Waals surface area contributed by atoms with Gasteiger partial charge < -0.3 is 10.6 Å². The Kier molecular flexibility index (Phi) is 5.87. The predicted octanol–water partition coefficient (Wildman–Crippen LogP) is 3.40. The number of carbonyl (C=O) groups excluding carboxylic acids is 2. The molecule has 0 radical (unpaired) electrons. The fourth-order valence-electron chi connectivity index (χ4n) is 1.40. The van der Waals surface area contributed by atoms with Crippen molar-refractivity contribution in [2.45, 2.75) is 31.2 Å². The molecule has 4 nitrogen and oxygen atoms in total. The quantitative estimate of drug-likeness (QED) is 0.830. The van der Waals surface area contributed by atoms with Crippen molar-refractivity contribution in [1.29, 1.82) is 0 Å². The molecule has 0 aliphatic heterocycles. The van der Waals surface area contributed by atoms with E-state index < -0.39 is 16.8 Å². The first kappa shape index (κ1) is 18.3. The van der Waals surface area contributed by atoms with Crippen molar-refractivity contribution in [1.82, 2.24) is 5.32 Å². The van der Waals surface area contributed by atoms with E-state index in [1.54, 1.807) is 20.8 Å². The number of amides is 2. The Morgan fingerprint density at radius 2 is 1.73 bits per heavy atom. The van der Waals surface area contributed by atoms with Crippen LogP contribution in [0.25, 0.3) is 0 Å². The number of carbonyl (C=O) groups is 2. The van der Waals surface area contributed by atoms with Gasteiger partial charge in [-0.2, -0.15) is 13.2 Å². The molecule has 0 spiro atoms. The van der Waals surface area contributed by atoms with Crippen LogP contribution >= 0.6 is 11.8 Å². The summed E-state index contributed by atoms with van der Waals surface area (Å²) in [5.41, 5.74) is -5.04. The van der Waals surface area contributed by atoms with E-state index in [0.717, 1.165) is 0 Å². The number of alkyl halides is 3. The molecule has 0 fully saturated rings. The maximum atomic E-state index is 12.4. The van der Waals surface area contributed by atoms with Gasteiger partial charge in [0.2, 0.25) is 11.8 Å². The zero-order chi connectivity index (χ0) is 17.0. The molecule has 0 unspecified atom stereocenters. The third-order valence-corrected chi connectivity index (χ3v) is 3.28. The smallest absolute Gasteiger partial charge is 0.347 e. The molecule has 0 saturated carbocycles. The standard InChI is InChI=1S/C14H17F3N2O2S/c1-13(2,3)12(21)18-8-11(20)19-9-6-4-5-7-10(9)22-14(15,16)17/h4-7H,8H2,1-3H3,(H,18,21)(H,19,20). The van der Waals surface area contributed by atoms with E-state index in [9.17, 15) is 22.8 Å². The zero-order valence-electron chi connectivity index (χ0n) is 12.4. The van der Waals surface area contributed by atoms with Crippen LogP contribution in [-0.4, -0.2) is 23.9 Å². The van der Waals surface area contributed by atoms with Crippen molar-refractivity contribution < 1.29 is 22.8 Å². The number of benzene rings is 1. The molecule has 0 bridgehead atoms. The SMILES string of the molecule is CC(C)(C)C(=O)NCC(=O)Nc1ccccc1SC(F)(F)F. The number of anilines is 1. The molecule has 0 saturated heterocycles. The summed E-state index contributed by atoms with van der Waals surface area (Å²) >= 11 is -0.304. The van der Waals surface area contributed by atoms with Crippen LogP contribution in [0.3, 0.4) is 0 Å². The lowest BCUT2D eigenvalue weighted by atomic mass is 9.96. The lowest BCUT2D eigenvalue weighted by Crippen LogP contribution is -2.39. The first-order valence-corrected chi connectivity index (χ1v) is 7.23. The van der Waals surface area contributed by atoms with E-state index >= 15 is 0 Å². The average molecular weight is 334 g/mol. The van der Waals surface area contributed by atoms with Gasteiger partial charge in [-0.05, 0) is 23.9 Å². The Labute approximate surface area is 130 Å². The first-order valence-electron chi connectivity index (χ1n) is 6.42. The van der Waals surface area contributed by atoms with Crippen molar-refractivity contribution in [3.05, 3.63) is 24.3 Å². The highest BCUT2D eigenvalue weighted by molar-refractivity contribution is 8.00. The summed E-state index contributed by atoms with van der Waals surface area (Å²) in [6.45, 7) is 4.77. The van der Waals surface area contributed by atoms with Crippen LogP contribution < -0.4 is 10.6 Å².